The number of benzene rings is 2. The fraction of sp³-hybridized carbons (Fsp3) is 0.333. The number of rotatable bonds is 7. The highest BCUT2D eigenvalue weighted by molar-refractivity contribution is 6.31. The molecule has 2 aromatic carbocycles. The number of ether oxygens (including phenoxy) is 1. The van der Waals surface area contributed by atoms with Crippen molar-refractivity contribution in [3.05, 3.63) is 58.9 Å². The van der Waals surface area contributed by atoms with Crippen LogP contribution < -0.4 is 15.4 Å². The highest BCUT2D eigenvalue weighted by Gasteiger charge is 2.29. The van der Waals surface area contributed by atoms with Crippen LogP contribution in [0.5, 0.6) is 5.75 Å². The predicted molar refractivity (Wildman–Crippen MR) is 106 cm³/mol. The number of amides is 2. The Morgan fingerprint density at radius 2 is 1.96 bits per heavy atom. The van der Waals surface area contributed by atoms with Crippen molar-refractivity contribution in [3.8, 4) is 5.75 Å². The summed E-state index contributed by atoms with van der Waals surface area (Å²) in [6.07, 6.45) is 1.85. The minimum atomic E-state index is -0.800. The van der Waals surface area contributed by atoms with Crippen LogP contribution >= 0.6 is 11.6 Å². The highest BCUT2D eigenvalue weighted by Crippen LogP contribution is 2.31. The molecule has 1 fully saturated rings. The van der Waals surface area contributed by atoms with Crippen molar-refractivity contribution in [3.63, 3.8) is 0 Å². The first-order chi connectivity index (χ1) is 13.2. The van der Waals surface area contributed by atoms with Crippen LogP contribution in [0.2, 0.25) is 5.02 Å². The third kappa shape index (κ3) is 5.23. The summed E-state index contributed by atoms with van der Waals surface area (Å²) in [6.45, 7) is 3.35. The van der Waals surface area contributed by atoms with Gasteiger partial charge in [0.2, 0.25) is 5.91 Å². The fourth-order valence-electron chi connectivity index (χ4n) is 2.85. The number of carbonyl (C=O) groups excluding carboxylic acids is 2. The van der Waals surface area contributed by atoms with Crippen molar-refractivity contribution in [1.29, 1.82) is 0 Å². The number of halogens is 2. The maximum atomic E-state index is 13.2. The van der Waals surface area contributed by atoms with Gasteiger partial charge in [-0.2, -0.15) is 0 Å². The first-order valence-corrected chi connectivity index (χ1v) is 9.43. The Morgan fingerprint density at radius 3 is 2.64 bits per heavy atom. The average Bonchev–Trinajstić information content (AvgIpc) is 3.45. The molecule has 0 spiro atoms. The zero-order chi connectivity index (χ0) is 20.3. The second kappa shape index (κ2) is 8.19. The summed E-state index contributed by atoms with van der Waals surface area (Å²) in [5, 5.41) is 5.91. The summed E-state index contributed by atoms with van der Waals surface area (Å²) in [7, 11) is 0. The van der Waals surface area contributed by atoms with Crippen LogP contribution in [0.4, 0.5) is 10.1 Å². The van der Waals surface area contributed by atoms with E-state index in [1.807, 2.05) is 0 Å². The lowest BCUT2D eigenvalue weighted by atomic mass is 9.94. The Labute approximate surface area is 168 Å². The van der Waals surface area contributed by atoms with Gasteiger partial charge in [0.25, 0.3) is 5.91 Å². The van der Waals surface area contributed by atoms with Crippen molar-refractivity contribution < 1.29 is 18.7 Å². The van der Waals surface area contributed by atoms with Crippen molar-refractivity contribution in [2.45, 2.75) is 32.2 Å². The lowest BCUT2D eigenvalue weighted by Crippen LogP contribution is -2.43. The van der Waals surface area contributed by atoms with E-state index in [9.17, 15) is 14.0 Å². The molecule has 2 amide bonds. The lowest BCUT2D eigenvalue weighted by Gasteiger charge is -2.28. The van der Waals surface area contributed by atoms with Gasteiger partial charge < -0.3 is 15.4 Å². The Bertz CT molecular complexity index is 897. The molecule has 0 bridgehead atoms. The zero-order valence-electron chi connectivity index (χ0n) is 15.7. The van der Waals surface area contributed by atoms with Gasteiger partial charge >= 0.3 is 0 Å². The molecule has 0 aromatic heterocycles. The molecule has 5 nitrogen and oxygen atoms in total. The smallest absolute Gasteiger partial charge is 0.258 e. The third-order valence-corrected chi connectivity index (χ3v) is 4.79. The van der Waals surface area contributed by atoms with Crippen LogP contribution in [-0.4, -0.2) is 18.4 Å². The van der Waals surface area contributed by atoms with E-state index in [-0.39, 0.29) is 29.4 Å². The van der Waals surface area contributed by atoms with Crippen molar-refractivity contribution in [2.75, 3.05) is 11.9 Å². The van der Waals surface area contributed by atoms with Gasteiger partial charge in [0, 0.05) is 22.7 Å². The number of anilines is 1. The van der Waals surface area contributed by atoms with Crippen LogP contribution in [0, 0.1) is 11.7 Å². The lowest BCUT2D eigenvalue weighted by molar-refractivity contribution is -0.124. The number of carbonyl (C=O) groups is 2. The molecule has 0 aliphatic heterocycles. The van der Waals surface area contributed by atoms with E-state index in [1.54, 1.807) is 44.2 Å². The van der Waals surface area contributed by atoms with Crippen molar-refractivity contribution in [2.24, 2.45) is 5.92 Å². The summed E-state index contributed by atoms with van der Waals surface area (Å²) in [6, 6.07) is 11.0. The number of nitrogens with one attached hydrogen (secondary N) is 2. The summed E-state index contributed by atoms with van der Waals surface area (Å²) in [5.74, 6) is -0.198. The van der Waals surface area contributed by atoms with E-state index in [0.29, 0.717) is 17.0 Å². The SMILES string of the molecule is CC(C)(NC(=O)COc1cccc(NC(=O)C2CC2)c1)c1ccc(F)cc1Cl. The Hall–Kier alpha value is -2.60. The maximum Gasteiger partial charge on any atom is 0.258 e. The molecule has 1 saturated carbocycles. The maximum absolute atomic E-state index is 13.2. The van der Waals surface area contributed by atoms with Gasteiger partial charge in [-0.1, -0.05) is 23.7 Å². The van der Waals surface area contributed by atoms with Crippen LogP contribution in [0.1, 0.15) is 32.3 Å². The molecule has 2 aromatic rings. The molecule has 0 saturated heterocycles. The third-order valence-electron chi connectivity index (χ3n) is 4.48. The van der Waals surface area contributed by atoms with Gasteiger partial charge in [-0.05, 0) is 56.5 Å². The van der Waals surface area contributed by atoms with Crippen LogP contribution in [0.3, 0.4) is 0 Å². The molecule has 28 heavy (non-hydrogen) atoms. The Kier molecular flexibility index (Phi) is 5.89. The standard InChI is InChI=1S/C21H22ClFN2O3/c1-21(2,17-9-8-14(23)10-18(17)22)25-19(26)12-28-16-5-3-4-15(11-16)24-20(27)13-6-7-13/h3-5,8-11,13H,6-7,12H2,1-2H3,(H,24,27)(H,25,26). The summed E-state index contributed by atoms with van der Waals surface area (Å²) >= 11 is 6.10. The van der Waals surface area contributed by atoms with Crippen molar-refractivity contribution >= 4 is 29.1 Å². The molecule has 0 unspecified atom stereocenters. The van der Waals surface area contributed by atoms with Gasteiger partial charge in [0.15, 0.2) is 6.61 Å². The van der Waals surface area contributed by atoms with Crippen LogP contribution in [-0.2, 0) is 15.1 Å². The summed E-state index contributed by atoms with van der Waals surface area (Å²) < 4.78 is 18.8. The van der Waals surface area contributed by atoms with Gasteiger partial charge in [0.1, 0.15) is 11.6 Å². The minimum Gasteiger partial charge on any atom is -0.484 e. The van der Waals surface area contributed by atoms with Gasteiger partial charge in [0.05, 0.1) is 5.54 Å². The van der Waals surface area contributed by atoms with Crippen molar-refractivity contribution in [1.82, 2.24) is 5.32 Å². The molecule has 0 radical (unpaired) electrons. The van der Waals surface area contributed by atoms with Crippen LogP contribution in [0.15, 0.2) is 42.5 Å². The van der Waals surface area contributed by atoms with E-state index in [1.165, 1.54) is 12.1 Å². The molecule has 1 aliphatic rings. The number of hydrogen-bond donors (Lipinski definition) is 2. The van der Waals surface area contributed by atoms with Crippen LogP contribution in [0.25, 0.3) is 0 Å². The molecule has 1 aliphatic carbocycles. The molecular weight excluding hydrogens is 383 g/mol. The normalized spacial score (nSPS) is 13.7. The first-order valence-electron chi connectivity index (χ1n) is 9.05. The summed E-state index contributed by atoms with van der Waals surface area (Å²) in [5.41, 5.74) is 0.438. The molecule has 148 valence electrons. The van der Waals surface area contributed by atoms with E-state index in [4.69, 9.17) is 16.3 Å². The minimum absolute atomic E-state index is 0.00724. The predicted octanol–water partition coefficient (Wildman–Crippen LogP) is 4.26. The summed E-state index contributed by atoms with van der Waals surface area (Å²) in [4.78, 5) is 24.2. The zero-order valence-corrected chi connectivity index (χ0v) is 16.5. The highest BCUT2D eigenvalue weighted by atomic mass is 35.5. The molecule has 0 heterocycles. The van der Waals surface area contributed by atoms with Gasteiger partial charge in [-0.25, -0.2) is 4.39 Å². The van der Waals surface area contributed by atoms with E-state index >= 15 is 0 Å². The molecule has 3 rings (SSSR count). The first kappa shape index (κ1) is 20.1. The van der Waals surface area contributed by atoms with E-state index in [0.717, 1.165) is 12.8 Å². The van der Waals surface area contributed by atoms with Gasteiger partial charge in [-0.3, -0.25) is 9.59 Å². The molecular formula is C21H22ClFN2O3. The average molecular weight is 405 g/mol. The monoisotopic (exact) mass is 404 g/mol. The molecule has 2 N–H and O–H groups in total. The Morgan fingerprint density at radius 1 is 1.21 bits per heavy atom. The second-order valence-electron chi connectivity index (χ2n) is 7.38. The molecule has 0 atom stereocenters. The van der Waals surface area contributed by atoms with E-state index < -0.39 is 11.4 Å². The van der Waals surface area contributed by atoms with E-state index in [2.05, 4.69) is 10.6 Å². The molecule has 7 heteroatoms. The Balaban J connectivity index is 1.57. The quantitative estimate of drug-likeness (QED) is 0.724. The topological polar surface area (TPSA) is 67.4 Å². The largest absolute Gasteiger partial charge is 0.484 e. The van der Waals surface area contributed by atoms with Gasteiger partial charge in [-0.15, -0.1) is 0 Å². The fourth-order valence-corrected chi connectivity index (χ4v) is 3.25. The number of hydrogen-bond acceptors (Lipinski definition) is 3. The second-order valence-corrected chi connectivity index (χ2v) is 7.78.